The van der Waals surface area contributed by atoms with Crippen LogP contribution < -0.4 is 10.6 Å². The lowest BCUT2D eigenvalue weighted by Crippen LogP contribution is -2.66. The summed E-state index contributed by atoms with van der Waals surface area (Å²) in [6.45, 7) is 5.67. The van der Waals surface area contributed by atoms with Crippen molar-refractivity contribution in [3.05, 3.63) is 0 Å². The first kappa shape index (κ1) is 20.2. The summed E-state index contributed by atoms with van der Waals surface area (Å²) in [6, 6.07) is 0.505. The van der Waals surface area contributed by atoms with Gasteiger partial charge < -0.3 is 20.1 Å². The Kier molecular flexibility index (Phi) is 8.07. The van der Waals surface area contributed by atoms with Crippen molar-refractivity contribution in [3.63, 3.8) is 0 Å². The molecule has 5 nitrogen and oxygen atoms in total. The number of nitrogens with zero attached hydrogens (tertiary/aromatic N) is 1. The van der Waals surface area contributed by atoms with Gasteiger partial charge in [0.05, 0.1) is 12.7 Å². The number of guanidine groups is 1. The van der Waals surface area contributed by atoms with Gasteiger partial charge in [-0.3, -0.25) is 4.99 Å². The lowest BCUT2D eigenvalue weighted by molar-refractivity contribution is -0.145. The van der Waals surface area contributed by atoms with Gasteiger partial charge >= 0.3 is 0 Å². The molecule has 3 fully saturated rings. The third-order valence-electron chi connectivity index (χ3n) is 6.05. The monoisotopic (exact) mass is 451 g/mol. The molecule has 1 saturated heterocycles. The van der Waals surface area contributed by atoms with Crippen molar-refractivity contribution >= 4 is 29.9 Å². The molecule has 0 aromatic rings. The second-order valence-corrected chi connectivity index (χ2v) is 7.35. The molecule has 3 aliphatic rings. The van der Waals surface area contributed by atoms with Crippen molar-refractivity contribution in [2.45, 2.75) is 64.0 Å². The summed E-state index contributed by atoms with van der Waals surface area (Å²) in [5, 5.41) is 7.19. The lowest BCUT2D eigenvalue weighted by Gasteiger charge is -2.58. The summed E-state index contributed by atoms with van der Waals surface area (Å²) in [6.07, 6.45) is 9.35. The van der Waals surface area contributed by atoms with E-state index in [1.54, 1.807) is 0 Å². The minimum atomic E-state index is 0. The zero-order valence-corrected chi connectivity index (χ0v) is 17.5. The molecule has 0 bridgehead atoms. The van der Waals surface area contributed by atoms with Crippen LogP contribution >= 0.6 is 24.0 Å². The van der Waals surface area contributed by atoms with Crippen LogP contribution in [-0.4, -0.2) is 51.5 Å². The van der Waals surface area contributed by atoms with Gasteiger partial charge in [-0.15, -0.1) is 24.0 Å². The largest absolute Gasteiger partial charge is 0.381 e. The van der Waals surface area contributed by atoms with Crippen molar-refractivity contribution in [2.24, 2.45) is 16.3 Å². The smallest absolute Gasteiger partial charge is 0.191 e. The number of aliphatic imine (C=N–C) groups is 1. The van der Waals surface area contributed by atoms with Gasteiger partial charge in [-0.05, 0) is 32.6 Å². The number of halogens is 1. The van der Waals surface area contributed by atoms with E-state index in [0.29, 0.717) is 23.5 Å². The Morgan fingerprint density at radius 2 is 2.08 bits per heavy atom. The molecule has 1 spiro atoms. The summed E-state index contributed by atoms with van der Waals surface area (Å²) in [5.41, 5.74) is 0.336. The van der Waals surface area contributed by atoms with Gasteiger partial charge in [-0.1, -0.05) is 19.3 Å². The van der Waals surface area contributed by atoms with Crippen molar-refractivity contribution in [2.75, 3.05) is 33.4 Å². The van der Waals surface area contributed by atoms with Gasteiger partial charge in [-0.25, -0.2) is 0 Å². The number of hydrogen-bond donors (Lipinski definition) is 2. The third-order valence-corrected chi connectivity index (χ3v) is 6.05. The SMILES string of the molecule is CCOC1CC(NC(=NC)NCC2CCOC2)C12CCCCC2.I. The third kappa shape index (κ3) is 4.36. The number of hydrogen-bond acceptors (Lipinski definition) is 3. The molecule has 3 unspecified atom stereocenters. The van der Waals surface area contributed by atoms with E-state index in [4.69, 9.17) is 9.47 Å². The highest BCUT2D eigenvalue weighted by molar-refractivity contribution is 14.0. The molecule has 24 heavy (non-hydrogen) atoms. The molecule has 1 aliphatic heterocycles. The van der Waals surface area contributed by atoms with E-state index in [9.17, 15) is 0 Å². The number of nitrogens with one attached hydrogen (secondary N) is 2. The molecular formula is C18H34IN3O2. The first-order valence-electron chi connectivity index (χ1n) is 9.45. The molecule has 2 aliphatic carbocycles. The molecule has 0 amide bonds. The summed E-state index contributed by atoms with van der Waals surface area (Å²) >= 11 is 0. The van der Waals surface area contributed by atoms with Crippen LogP contribution in [0.5, 0.6) is 0 Å². The van der Waals surface area contributed by atoms with Crippen LogP contribution in [0.15, 0.2) is 4.99 Å². The first-order valence-corrected chi connectivity index (χ1v) is 9.45. The molecule has 2 saturated carbocycles. The normalized spacial score (nSPS) is 32.1. The van der Waals surface area contributed by atoms with Crippen LogP contribution in [0, 0.1) is 11.3 Å². The van der Waals surface area contributed by atoms with Gasteiger partial charge in [0.2, 0.25) is 0 Å². The van der Waals surface area contributed by atoms with E-state index in [1.807, 2.05) is 7.05 Å². The molecule has 0 radical (unpaired) electrons. The molecule has 6 heteroatoms. The highest BCUT2D eigenvalue weighted by Gasteiger charge is 2.55. The minimum absolute atomic E-state index is 0. The molecule has 140 valence electrons. The van der Waals surface area contributed by atoms with Gasteiger partial charge in [0.1, 0.15) is 0 Å². The zero-order chi connectivity index (χ0) is 16.1. The predicted molar refractivity (Wildman–Crippen MR) is 108 cm³/mol. The van der Waals surface area contributed by atoms with Crippen molar-refractivity contribution in [1.82, 2.24) is 10.6 Å². The zero-order valence-electron chi connectivity index (χ0n) is 15.2. The number of rotatable bonds is 5. The first-order chi connectivity index (χ1) is 11.3. The molecular weight excluding hydrogens is 417 g/mol. The fourth-order valence-electron chi connectivity index (χ4n) is 4.61. The van der Waals surface area contributed by atoms with E-state index in [2.05, 4.69) is 22.5 Å². The standard InChI is InChI=1S/C18H33N3O2.HI/c1-3-23-16-11-15(18(16)8-5-4-6-9-18)21-17(19-2)20-12-14-7-10-22-13-14;/h14-16H,3-13H2,1-2H3,(H2,19,20,21);1H. The highest BCUT2D eigenvalue weighted by Crippen LogP contribution is 2.53. The van der Waals surface area contributed by atoms with E-state index < -0.39 is 0 Å². The summed E-state index contributed by atoms with van der Waals surface area (Å²) < 4.78 is 11.5. The van der Waals surface area contributed by atoms with Crippen molar-refractivity contribution in [3.8, 4) is 0 Å². The van der Waals surface area contributed by atoms with Crippen LogP contribution in [0.2, 0.25) is 0 Å². The average Bonchev–Trinajstić information content (AvgIpc) is 3.11. The summed E-state index contributed by atoms with van der Waals surface area (Å²) in [7, 11) is 1.87. The minimum Gasteiger partial charge on any atom is -0.381 e. The maximum absolute atomic E-state index is 6.04. The molecule has 0 aromatic heterocycles. The fraction of sp³-hybridized carbons (Fsp3) is 0.944. The molecule has 0 aromatic carbocycles. The Morgan fingerprint density at radius 3 is 2.71 bits per heavy atom. The van der Waals surface area contributed by atoms with E-state index >= 15 is 0 Å². The average molecular weight is 451 g/mol. The predicted octanol–water partition coefficient (Wildman–Crippen LogP) is 2.93. The fourth-order valence-corrected chi connectivity index (χ4v) is 4.61. The maximum atomic E-state index is 6.04. The Labute approximate surface area is 163 Å². The Bertz CT molecular complexity index is 407. The van der Waals surface area contributed by atoms with Gasteiger partial charge in [0.15, 0.2) is 5.96 Å². The van der Waals surface area contributed by atoms with Crippen LogP contribution in [0.4, 0.5) is 0 Å². The lowest BCUT2D eigenvalue weighted by atomic mass is 9.55. The van der Waals surface area contributed by atoms with E-state index in [-0.39, 0.29) is 24.0 Å². The Balaban J connectivity index is 0.00000208. The highest BCUT2D eigenvalue weighted by atomic mass is 127. The second kappa shape index (κ2) is 9.57. The second-order valence-electron chi connectivity index (χ2n) is 7.35. The van der Waals surface area contributed by atoms with Crippen LogP contribution in [0.25, 0.3) is 0 Å². The van der Waals surface area contributed by atoms with Gasteiger partial charge in [0, 0.05) is 44.2 Å². The topological polar surface area (TPSA) is 54.9 Å². The van der Waals surface area contributed by atoms with Gasteiger partial charge in [0.25, 0.3) is 0 Å². The van der Waals surface area contributed by atoms with Crippen molar-refractivity contribution in [1.29, 1.82) is 0 Å². The maximum Gasteiger partial charge on any atom is 0.191 e. The van der Waals surface area contributed by atoms with Crippen LogP contribution in [0.3, 0.4) is 0 Å². The van der Waals surface area contributed by atoms with Gasteiger partial charge in [-0.2, -0.15) is 0 Å². The van der Waals surface area contributed by atoms with Crippen LogP contribution in [-0.2, 0) is 9.47 Å². The molecule has 3 rings (SSSR count). The van der Waals surface area contributed by atoms with E-state index in [0.717, 1.165) is 45.2 Å². The summed E-state index contributed by atoms with van der Waals surface area (Å²) in [5.74, 6) is 1.57. The Hall–Kier alpha value is -0.0800. The quantitative estimate of drug-likeness (QED) is 0.384. The molecule has 2 N–H and O–H groups in total. The Morgan fingerprint density at radius 1 is 1.29 bits per heavy atom. The molecule has 3 atom stereocenters. The molecule has 1 heterocycles. The van der Waals surface area contributed by atoms with Crippen molar-refractivity contribution < 1.29 is 9.47 Å². The van der Waals surface area contributed by atoms with E-state index in [1.165, 1.54) is 32.1 Å². The number of ether oxygens (including phenoxy) is 2. The summed E-state index contributed by atoms with van der Waals surface area (Å²) in [4.78, 5) is 4.43. The van der Waals surface area contributed by atoms with Crippen LogP contribution in [0.1, 0.15) is 51.9 Å².